The van der Waals surface area contributed by atoms with E-state index < -0.39 is 23.2 Å². The van der Waals surface area contributed by atoms with Gasteiger partial charge in [-0.15, -0.1) is 0 Å². The molecule has 9 heteroatoms. The van der Waals surface area contributed by atoms with Crippen LogP contribution in [0.25, 0.3) is 0 Å². The summed E-state index contributed by atoms with van der Waals surface area (Å²) in [5, 5.41) is 17.0. The molecule has 3 aliphatic rings. The first-order valence-corrected chi connectivity index (χ1v) is 12.9. The van der Waals surface area contributed by atoms with Gasteiger partial charge in [0, 0.05) is 30.7 Å². The van der Waals surface area contributed by atoms with E-state index in [1.807, 2.05) is 30.3 Å². The zero-order valence-electron chi connectivity index (χ0n) is 20.5. The summed E-state index contributed by atoms with van der Waals surface area (Å²) in [6.07, 6.45) is 0.145. The fourth-order valence-electron chi connectivity index (χ4n) is 6.61. The van der Waals surface area contributed by atoms with Crippen LogP contribution < -0.4 is 10.6 Å². The molecule has 2 amide bonds. The highest BCUT2D eigenvalue weighted by Crippen LogP contribution is 2.56. The normalized spacial score (nSPS) is 29.7. The molecule has 2 aromatic carbocycles. The van der Waals surface area contributed by atoms with Crippen molar-refractivity contribution < 1.29 is 27.9 Å². The Balaban J connectivity index is 1.11. The second-order valence-electron chi connectivity index (χ2n) is 10.6. The van der Waals surface area contributed by atoms with Crippen molar-refractivity contribution in [1.29, 1.82) is 0 Å². The number of nitrogens with one attached hydrogen (secondary N) is 2. The topological polar surface area (TPSA) is 81.7 Å². The Hall–Kier alpha value is -2.91. The number of carbonyl (C=O) groups excluding carboxylic acids is 2. The van der Waals surface area contributed by atoms with Gasteiger partial charge >= 0.3 is 6.18 Å². The van der Waals surface area contributed by atoms with Gasteiger partial charge in [-0.05, 0) is 67.7 Å². The van der Waals surface area contributed by atoms with Crippen LogP contribution in [-0.2, 0) is 16.6 Å². The van der Waals surface area contributed by atoms with Crippen molar-refractivity contribution in [2.24, 2.45) is 11.8 Å². The van der Waals surface area contributed by atoms with E-state index in [4.69, 9.17) is 0 Å². The minimum absolute atomic E-state index is 0.0504. The van der Waals surface area contributed by atoms with Gasteiger partial charge in [-0.1, -0.05) is 36.4 Å². The molecule has 2 aromatic rings. The second kappa shape index (κ2) is 10.1. The van der Waals surface area contributed by atoms with Crippen molar-refractivity contribution in [1.82, 2.24) is 15.5 Å². The summed E-state index contributed by atoms with van der Waals surface area (Å²) >= 11 is 0. The number of rotatable bonds is 6. The van der Waals surface area contributed by atoms with E-state index in [1.165, 1.54) is 12.1 Å². The summed E-state index contributed by atoms with van der Waals surface area (Å²) < 4.78 is 38.7. The molecule has 5 rings (SSSR count). The first-order valence-electron chi connectivity index (χ1n) is 12.9. The quantitative estimate of drug-likeness (QED) is 0.548. The summed E-state index contributed by atoms with van der Waals surface area (Å²) in [5.41, 5.74) is -0.797. The van der Waals surface area contributed by atoms with E-state index in [2.05, 4.69) is 15.5 Å². The standard InChI is InChI=1S/C28H32F3N3O3/c29-28(30,31)22-8-4-5-18(13-22)26(36)32-16-25(35)33-23-11-12-34(17-23)24-14-20-9-10-21(15-24)27(20,37)19-6-2-1-3-7-19/h1-8,13,20-21,23-24,37H,9-12,14-17H2,(H,32,36)(H,33,35). The maximum atomic E-state index is 12.9. The molecular weight excluding hydrogens is 483 g/mol. The van der Waals surface area contributed by atoms with Crippen molar-refractivity contribution in [2.45, 2.75) is 56.0 Å². The van der Waals surface area contributed by atoms with Crippen molar-refractivity contribution in [3.8, 4) is 0 Å². The molecule has 0 aromatic heterocycles. The molecule has 2 bridgehead atoms. The Morgan fingerprint density at radius 2 is 1.70 bits per heavy atom. The molecule has 6 nitrogen and oxygen atoms in total. The average molecular weight is 516 g/mol. The zero-order valence-corrected chi connectivity index (χ0v) is 20.5. The summed E-state index contributed by atoms with van der Waals surface area (Å²) in [6, 6.07) is 14.4. The van der Waals surface area contributed by atoms with E-state index >= 15 is 0 Å². The predicted octanol–water partition coefficient (Wildman–Crippen LogP) is 3.70. The molecule has 37 heavy (non-hydrogen) atoms. The Bertz CT molecular complexity index is 1130. The van der Waals surface area contributed by atoms with E-state index in [0.29, 0.717) is 12.6 Å². The molecule has 3 atom stereocenters. The number of carbonyl (C=O) groups is 2. The summed E-state index contributed by atoms with van der Waals surface area (Å²) in [4.78, 5) is 27.1. The van der Waals surface area contributed by atoms with Gasteiger partial charge in [0.25, 0.3) is 5.91 Å². The van der Waals surface area contributed by atoms with Gasteiger partial charge in [0.05, 0.1) is 17.7 Å². The van der Waals surface area contributed by atoms with Gasteiger partial charge in [-0.25, -0.2) is 0 Å². The number of likely N-dealkylation sites (tertiary alicyclic amines) is 1. The van der Waals surface area contributed by atoms with Crippen LogP contribution >= 0.6 is 0 Å². The number of amides is 2. The molecule has 3 unspecified atom stereocenters. The highest BCUT2D eigenvalue weighted by molar-refractivity contribution is 5.96. The Morgan fingerprint density at radius 1 is 1.00 bits per heavy atom. The highest BCUT2D eigenvalue weighted by atomic mass is 19.4. The number of nitrogens with zero attached hydrogens (tertiary/aromatic N) is 1. The van der Waals surface area contributed by atoms with Crippen LogP contribution in [0.5, 0.6) is 0 Å². The molecule has 0 spiro atoms. The number of alkyl halides is 3. The van der Waals surface area contributed by atoms with Gasteiger partial charge in [0.1, 0.15) is 0 Å². The van der Waals surface area contributed by atoms with Gasteiger partial charge in [-0.2, -0.15) is 13.2 Å². The third-order valence-electron chi connectivity index (χ3n) is 8.42. The first kappa shape index (κ1) is 25.7. The Kier molecular flexibility index (Phi) is 7.02. The number of hydrogen-bond donors (Lipinski definition) is 3. The molecule has 1 heterocycles. The lowest BCUT2D eigenvalue weighted by molar-refractivity contribution is -0.137. The highest BCUT2D eigenvalue weighted by Gasteiger charge is 2.55. The van der Waals surface area contributed by atoms with E-state index in [1.54, 1.807) is 0 Å². The number of aliphatic hydroxyl groups is 1. The second-order valence-corrected chi connectivity index (χ2v) is 10.6. The van der Waals surface area contributed by atoms with Crippen molar-refractivity contribution in [3.63, 3.8) is 0 Å². The smallest absolute Gasteiger partial charge is 0.385 e. The Labute approximate surface area is 214 Å². The van der Waals surface area contributed by atoms with Crippen LogP contribution in [0.1, 0.15) is 53.6 Å². The predicted molar refractivity (Wildman–Crippen MR) is 131 cm³/mol. The summed E-state index contributed by atoms with van der Waals surface area (Å²) in [7, 11) is 0. The van der Waals surface area contributed by atoms with E-state index in [0.717, 1.165) is 56.3 Å². The fraction of sp³-hybridized carbons (Fsp3) is 0.500. The number of hydrogen-bond acceptors (Lipinski definition) is 4. The molecular formula is C28H32F3N3O3. The van der Waals surface area contributed by atoms with Crippen LogP contribution in [0, 0.1) is 11.8 Å². The van der Waals surface area contributed by atoms with Crippen molar-refractivity contribution in [2.75, 3.05) is 19.6 Å². The van der Waals surface area contributed by atoms with Crippen LogP contribution in [0.3, 0.4) is 0 Å². The van der Waals surface area contributed by atoms with Crippen LogP contribution in [0.4, 0.5) is 13.2 Å². The maximum absolute atomic E-state index is 12.9. The van der Waals surface area contributed by atoms with Gasteiger partial charge < -0.3 is 15.7 Å². The third kappa shape index (κ3) is 5.25. The number of fused-ring (bicyclic) bond motifs is 2. The maximum Gasteiger partial charge on any atom is 0.416 e. The molecule has 198 valence electrons. The largest absolute Gasteiger partial charge is 0.416 e. The molecule has 3 fully saturated rings. The molecule has 1 saturated heterocycles. The van der Waals surface area contributed by atoms with Crippen LogP contribution in [-0.4, -0.2) is 53.5 Å². The lowest BCUT2D eigenvalue weighted by atomic mass is 9.68. The zero-order chi connectivity index (χ0) is 26.2. The van der Waals surface area contributed by atoms with Crippen molar-refractivity contribution >= 4 is 11.8 Å². The SMILES string of the molecule is O=C(CNC(=O)c1cccc(C(F)(F)F)c1)NC1CCN(C2CC3CCC(C2)C3(O)c2ccccc2)C1. The molecule has 0 radical (unpaired) electrons. The minimum atomic E-state index is -4.54. The van der Waals surface area contributed by atoms with Gasteiger partial charge in [-0.3, -0.25) is 14.5 Å². The van der Waals surface area contributed by atoms with Gasteiger partial charge in [0.2, 0.25) is 5.91 Å². The summed E-state index contributed by atoms with van der Waals surface area (Å²) in [6.45, 7) is 1.26. The van der Waals surface area contributed by atoms with Crippen molar-refractivity contribution in [3.05, 3.63) is 71.3 Å². The molecule has 2 saturated carbocycles. The number of halogens is 3. The molecule has 1 aliphatic heterocycles. The third-order valence-corrected chi connectivity index (χ3v) is 8.42. The molecule has 3 N–H and O–H groups in total. The monoisotopic (exact) mass is 515 g/mol. The fourth-order valence-corrected chi connectivity index (χ4v) is 6.61. The Morgan fingerprint density at radius 3 is 2.38 bits per heavy atom. The average Bonchev–Trinajstić information content (AvgIpc) is 3.39. The first-order chi connectivity index (χ1) is 17.6. The lowest BCUT2D eigenvalue weighted by Gasteiger charge is -2.45. The van der Waals surface area contributed by atoms with Gasteiger partial charge in [0.15, 0.2) is 0 Å². The lowest BCUT2D eigenvalue weighted by Crippen LogP contribution is -2.49. The number of benzene rings is 2. The van der Waals surface area contributed by atoms with E-state index in [-0.39, 0.29) is 35.9 Å². The van der Waals surface area contributed by atoms with Crippen LogP contribution in [0.2, 0.25) is 0 Å². The minimum Gasteiger partial charge on any atom is -0.385 e. The van der Waals surface area contributed by atoms with Crippen LogP contribution in [0.15, 0.2) is 54.6 Å². The summed E-state index contributed by atoms with van der Waals surface area (Å²) in [5.74, 6) is -0.649. The molecule has 2 aliphatic carbocycles. The van der Waals surface area contributed by atoms with E-state index in [9.17, 15) is 27.9 Å².